The van der Waals surface area contributed by atoms with Gasteiger partial charge in [0.05, 0.1) is 11.9 Å². The molecule has 2 amide bonds. The summed E-state index contributed by atoms with van der Waals surface area (Å²) in [6.45, 7) is 5.46. The Labute approximate surface area is 205 Å². The van der Waals surface area contributed by atoms with Crippen LogP contribution in [-0.4, -0.2) is 50.5 Å². The first-order valence-electron chi connectivity index (χ1n) is 10.5. The lowest BCUT2D eigenvalue weighted by atomic mass is 10.1. The Morgan fingerprint density at radius 2 is 1.73 bits per heavy atom. The van der Waals surface area contributed by atoms with Crippen LogP contribution >= 0.6 is 23.2 Å². The number of anilines is 1. The van der Waals surface area contributed by atoms with Gasteiger partial charge in [0.15, 0.2) is 0 Å². The fourth-order valence-electron chi connectivity index (χ4n) is 3.12. The molecule has 0 aliphatic rings. The SMILES string of the molecule is CCCNC(=O)[C@H](C)N(Cc1ccc(Cl)cc1)C(=O)CN(c1ccc(C)c(Cl)c1)S(C)(=O)=O. The number of amides is 2. The zero-order valence-corrected chi connectivity index (χ0v) is 21.5. The van der Waals surface area contributed by atoms with E-state index in [2.05, 4.69) is 5.32 Å². The van der Waals surface area contributed by atoms with E-state index in [1.165, 1.54) is 11.0 Å². The molecule has 10 heteroatoms. The third-order valence-corrected chi connectivity index (χ3v) is 6.91. The van der Waals surface area contributed by atoms with Crippen molar-refractivity contribution in [2.75, 3.05) is 23.7 Å². The number of hydrogen-bond donors (Lipinski definition) is 1. The van der Waals surface area contributed by atoms with Crippen LogP contribution in [0.4, 0.5) is 5.69 Å². The van der Waals surface area contributed by atoms with Gasteiger partial charge in [-0.1, -0.05) is 48.3 Å². The molecular weight excluding hydrogens is 485 g/mol. The number of benzene rings is 2. The molecular formula is C23H29Cl2N3O4S. The molecule has 0 unspecified atom stereocenters. The standard InChI is InChI=1S/C23H29Cl2N3O4S/c1-5-12-26-23(30)17(3)27(14-18-7-9-19(24)10-8-18)22(29)15-28(33(4,31)32)20-11-6-16(2)21(25)13-20/h6-11,13,17H,5,12,14-15H2,1-4H3,(H,26,30)/t17-/m0/s1. The van der Waals surface area contributed by atoms with Gasteiger partial charge in [-0.15, -0.1) is 0 Å². The van der Waals surface area contributed by atoms with E-state index in [-0.39, 0.29) is 18.1 Å². The van der Waals surface area contributed by atoms with Crippen LogP contribution in [0.25, 0.3) is 0 Å². The van der Waals surface area contributed by atoms with E-state index < -0.39 is 28.5 Å². The zero-order valence-electron chi connectivity index (χ0n) is 19.1. The van der Waals surface area contributed by atoms with Gasteiger partial charge in [-0.05, 0) is 55.7 Å². The highest BCUT2D eigenvalue weighted by atomic mass is 35.5. The van der Waals surface area contributed by atoms with Crippen LogP contribution in [0.15, 0.2) is 42.5 Å². The Bertz CT molecular complexity index is 1090. The average Bonchev–Trinajstić information content (AvgIpc) is 2.76. The monoisotopic (exact) mass is 513 g/mol. The van der Waals surface area contributed by atoms with E-state index in [4.69, 9.17) is 23.2 Å². The van der Waals surface area contributed by atoms with E-state index in [0.29, 0.717) is 16.6 Å². The van der Waals surface area contributed by atoms with Gasteiger partial charge in [0, 0.05) is 23.1 Å². The highest BCUT2D eigenvalue weighted by Gasteiger charge is 2.30. The first-order valence-corrected chi connectivity index (χ1v) is 13.1. The number of hydrogen-bond acceptors (Lipinski definition) is 4. The van der Waals surface area contributed by atoms with Gasteiger partial charge in [-0.3, -0.25) is 13.9 Å². The van der Waals surface area contributed by atoms with Crippen molar-refractivity contribution >= 4 is 50.7 Å². The van der Waals surface area contributed by atoms with Crippen molar-refractivity contribution in [2.45, 2.75) is 39.8 Å². The van der Waals surface area contributed by atoms with Crippen LogP contribution in [0.2, 0.25) is 10.0 Å². The molecule has 2 aromatic carbocycles. The highest BCUT2D eigenvalue weighted by molar-refractivity contribution is 7.92. The second-order valence-electron chi connectivity index (χ2n) is 7.82. The van der Waals surface area contributed by atoms with Gasteiger partial charge in [0.25, 0.3) is 0 Å². The lowest BCUT2D eigenvalue weighted by molar-refractivity contribution is -0.139. The van der Waals surface area contributed by atoms with E-state index in [9.17, 15) is 18.0 Å². The van der Waals surface area contributed by atoms with E-state index in [1.807, 2.05) is 6.92 Å². The Kier molecular flexibility index (Phi) is 9.57. The van der Waals surface area contributed by atoms with Gasteiger partial charge in [0.1, 0.15) is 12.6 Å². The molecule has 0 bridgehead atoms. The van der Waals surface area contributed by atoms with E-state index in [1.54, 1.807) is 50.2 Å². The molecule has 0 aliphatic heterocycles. The normalized spacial score (nSPS) is 12.2. The molecule has 2 rings (SSSR count). The number of carbonyl (C=O) groups excluding carboxylic acids is 2. The molecule has 0 fully saturated rings. The Morgan fingerprint density at radius 1 is 1.09 bits per heavy atom. The van der Waals surface area contributed by atoms with Crippen molar-refractivity contribution in [2.24, 2.45) is 0 Å². The molecule has 2 aromatic rings. The first kappa shape index (κ1) is 27.0. The van der Waals surface area contributed by atoms with Crippen LogP contribution in [0, 0.1) is 6.92 Å². The summed E-state index contributed by atoms with van der Waals surface area (Å²) in [7, 11) is -3.81. The Balaban J connectivity index is 2.38. The Hall–Kier alpha value is -2.29. The molecule has 7 nitrogen and oxygen atoms in total. The van der Waals surface area contributed by atoms with Gasteiger partial charge >= 0.3 is 0 Å². The van der Waals surface area contributed by atoms with Crippen molar-refractivity contribution in [3.05, 3.63) is 63.6 Å². The van der Waals surface area contributed by atoms with Gasteiger partial charge < -0.3 is 10.2 Å². The maximum absolute atomic E-state index is 13.4. The van der Waals surface area contributed by atoms with Crippen molar-refractivity contribution in [1.29, 1.82) is 0 Å². The minimum atomic E-state index is -3.81. The van der Waals surface area contributed by atoms with Crippen LogP contribution < -0.4 is 9.62 Å². The zero-order chi connectivity index (χ0) is 24.8. The third-order valence-electron chi connectivity index (χ3n) is 5.11. The number of nitrogens with zero attached hydrogens (tertiary/aromatic N) is 2. The molecule has 0 spiro atoms. The third kappa shape index (κ3) is 7.62. The summed E-state index contributed by atoms with van der Waals surface area (Å²) in [6.07, 6.45) is 1.77. The van der Waals surface area contributed by atoms with Gasteiger partial charge in [-0.2, -0.15) is 0 Å². The van der Waals surface area contributed by atoms with Crippen LogP contribution in [0.1, 0.15) is 31.4 Å². The number of rotatable bonds is 10. The molecule has 0 radical (unpaired) electrons. The lowest BCUT2D eigenvalue weighted by Crippen LogP contribution is -2.51. The fourth-order valence-corrected chi connectivity index (χ4v) is 4.26. The molecule has 0 aromatic heterocycles. The fraction of sp³-hybridized carbons (Fsp3) is 0.391. The maximum atomic E-state index is 13.4. The van der Waals surface area contributed by atoms with Crippen LogP contribution in [0.3, 0.4) is 0 Å². The van der Waals surface area contributed by atoms with Gasteiger partial charge in [0.2, 0.25) is 21.8 Å². The minimum Gasteiger partial charge on any atom is -0.354 e. The summed E-state index contributed by atoms with van der Waals surface area (Å²) in [5.41, 5.74) is 1.81. The quantitative estimate of drug-likeness (QED) is 0.519. The molecule has 1 atom stereocenters. The predicted molar refractivity (Wildman–Crippen MR) is 133 cm³/mol. The summed E-state index contributed by atoms with van der Waals surface area (Å²) >= 11 is 12.1. The van der Waals surface area contributed by atoms with Crippen molar-refractivity contribution in [1.82, 2.24) is 10.2 Å². The number of nitrogens with one attached hydrogen (secondary N) is 1. The molecule has 33 heavy (non-hydrogen) atoms. The summed E-state index contributed by atoms with van der Waals surface area (Å²) in [4.78, 5) is 27.4. The Morgan fingerprint density at radius 3 is 2.27 bits per heavy atom. The molecule has 0 heterocycles. The molecule has 0 saturated carbocycles. The average molecular weight is 514 g/mol. The van der Waals surface area contributed by atoms with Crippen LogP contribution in [-0.2, 0) is 26.2 Å². The number of aryl methyl sites for hydroxylation is 1. The second-order valence-corrected chi connectivity index (χ2v) is 10.6. The van der Waals surface area contributed by atoms with Crippen molar-refractivity contribution in [3.63, 3.8) is 0 Å². The topological polar surface area (TPSA) is 86.8 Å². The first-order chi connectivity index (χ1) is 15.4. The van der Waals surface area contributed by atoms with Crippen molar-refractivity contribution < 1.29 is 18.0 Å². The van der Waals surface area contributed by atoms with E-state index in [0.717, 1.165) is 28.1 Å². The smallest absolute Gasteiger partial charge is 0.244 e. The summed E-state index contributed by atoms with van der Waals surface area (Å²) in [6, 6.07) is 10.9. The lowest BCUT2D eigenvalue weighted by Gasteiger charge is -2.31. The predicted octanol–water partition coefficient (Wildman–Crippen LogP) is 4.01. The molecule has 1 N–H and O–H groups in total. The van der Waals surface area contributed by atoms with Crippen molar-refractivity contribution in [3.8, 4) is 0 Å². The van der Waals surface area contributed by atoms with Crippen LogP contribution in [0.5, 0.6) is 0 Å². The maximum Gasteiger partial charge on any atom is 0.244 e. The summed E-state index contributed by atoms with van der Waals surface area (Å²) in [5.74, 6) is -0.838. The largest absolute Gasteiger partial charge is 0.354 e. The van der Waals surface area contributed by atoms with E-state index >= 15 is 0 Å². The molecule has 0 saturated heterocycles. The molecule has 180 valence electrons. The number of carbonyl (C=O) groups is 2. The summed E-state index contributed by atoms with van der Waals surface area (Å²) < 4.78 is 26.1. The summed E-state index contributed by atoms with van der Waals surface area (Å²) in [5, 5.41) is 3.72. The minimum absolute atomic E-state index is 0.114. The number of halogens is 2. The highest BCUT2D eigenvalue weighted by Crippen LogP contribution is 2.25. The van der Waals surface area contributed by atoms with Gasteiger partial charge in [-0.25, -0.2) is 8.42 Å². The second kappa shape index (κ2) is 11.7. The molecule has 0 aliphatic carbocycles. The number of sulfonamides is 1.